The van der Waals surface area contributed by atoms with Gasteiger partial charge in [0.15, 0.2) is 6.04 Å². The third-order valence-electron chi connectivity index (χ3n) is 5.06. The van der Waals surface area contributed by atoms with Crippen molar-refractivity contribution in [1.29, 1.82) is 0 Å². The van der Waals surface area contributed by atoms with Crippen LogP contribution in [0.15, 0.2) is 53.4 Å². The summed E-state index contributed by atoms with van der Waals surface area (Å²) in [5.41, 5.74) is 0.134. The Bertz CT molecular complexity index is 1110. The van der Waals surface area contributed by atoms with Crippen molar-refractivity contribution in [2.24, 2.45) is 5.92 Å². The number of non-ortho nitro benzene ring substituents is 1. The van der Waals surface area contributed by atoms with Crippen LogP contribution in [0.2, 0.25) is 5.02 Å². The standard InChI is InChI=1S/C21H24ClN3O7S/c1-4-13(2)18(24-33(30,31)17-11-9-16(10-12-17)25(28)29)20(26)23-19(21(27)32-3)14-5-7-15(22)8-6-14/h5-13,18-19,24H,4H2,1-3H3,(H,23,26)/t13-,18-,19-/m0/s1. The third kappa shape index (κ3) is 6.73. The molecule has 0 unspecified atom stereocenters. The van der Waals surface area contributed by atoms with Crippen LogP contribution in [0.5, 0.6) is 0 Å². The maximum atomic E-state index is 13.1. The lowest BCUT2D eigenvalue weighted by atomic mass is 9.98. The van der Waals surface area contributed by atoms with Gasteiger partial charge >= 0.3 is 5.97 Å². The van der Waals surface area contributed by atoms with E-state index in [1.165, 1.54) is 7.11 Å². The number of hydrogen-bond donors (Lipinski definition) is 2. The lowest BCUT2D eigenvalue weighted by molar-refractivity contribution is -0.384. The highest BCUT2D eigenvalue weighted by atomic mass is 35.5. The van der Waals surface area contributed by atoms with E-state index in [0.717, 1.165) is 24.3 Å². The van der Waals surface area contributed by atoms with E-state index in [0.29, 0.717) is 17.0 Å². The zero-order valence-electron chi connectivity index (χ0n) is 18.1. The van der Waals surface area contributed by atoms with Crippen LogP contribution >= 0.6 is 11.6 Å². The molecule has 2 rings (SSSR count). The molecule has 178 valence electrons. The summed E-state index contributed by atoms with van der Waals surface area (Å²) < 4.78 is 32.9. The number of carbonyl (C=O) groups is 2. The van der Waals surface area contributed by atoms with Crippen molar-refractivity contribution in [3.8, 4) is 0 Å². The Morgan fingerprint density at radius 3 is 2.18 bits per heavy atom. The molecule has 0 heterocycles. The van der Waals surface area contributed by atoms with E-state index in [4.69, 9.17) is 16.3 Å². The minimum absolute atomic E-state index is 0.239. The number of sulfonamides is 1. The molecule has 0 saturated carbocycles. The van der Waals surface area contributed by atoms with Crippen molar-refractivity contribution < 1.29 is 27.7 Å². The Balaban J connectivity index is 2.32. The molecule has 0 bridgehead atoms. The number of methoxy groups -OCH3 is 1. The van der Waals surface area contributed by atoms with Crippen LogP contribution in [0.4, 0.5) is 5.69 Å². The number of nitro groups is 1. The summed E-state index contributed by atoms with van der Waals surface area (Å²) >= 11 is 5.89. The Labute approximate surface area is 196 Å². The number of nitrogens with zero attached hydrogens (tertiary/aromatic N) is 1. The summed E-state index contributed by atoms with van der Waals surface area (Å²) in [7, 11) is -3.03. The Kier molecular flexibility index (Phi) is 8.91. The minimum Gasteiger partial charge on any atom is -0.467 e. The molecule has 0 aliphatic carbocycles. The number of ether oxygens (including phenoxy) is 1. The first-order valence-electron chi connectivity index (χ1n) is 9.90. The largest absolute Gasteiger partial charge is 0.467 e. The first-order chi connectivity index (χ1) is 15.5. The van der Waals surface area contributed by atoms with Crippen molar-refractivity contribution in [2.75, 3.05) is 7.11 Å². The van der Waals surface area contributed by atoms with Crippen molar-refractivity contribution in [3.63, 3.8) is 0 Å². The summed E-state index contributed by atoms with van der Waals surface area (Å²) in [4.78, 5) is 35.4. The van der Waals surface area contributed by atoms with Crippen LogP contribution in [-0.4, -0.2) is 38.4 Å². The fourth-order valence-electron chi connectivity index (χ4n) is 2.93. The Hall–Kier alpha value is -3.02. The molecular weight excluding hydrogens is 474 g/mol. The van der Waals surface area contributed by atoms with Crippen LogP contribution in [0.3, 0.4) is 0 Å². The molecule has 0 aromatic heterocycles. The first-order valence-corrected chi connectivity index (χ1v) is 11.8. The molecule has 2 N–H and O–H groups in total. The van der Waals surface area contributed by atoms with Gasteiger partial charge in [0.05, 0.1) is 16.9 Å². The zero-order valence-corrected chi connectivity index (χ0v) is 19.7. The van der Waals surface area contributed by atoms with E-state index in [1.807, 2.05) is 0 Å². The summed E-state index contributed by atoms with van der Waals surface area (Å²) in [6, 6.07) is 8.04. The van der Waals surface area contributed by atoms with Gasteiger partial charge in [0.2, 0.25) is 15.9 Å². The monoisotopic (exact) mass is 497 g/mol. The van der Waals surface area contributed by atoms with Gasteiger partial charge in [-0.2, -0.15) is 4.72 Å². The third-order valence-corrected chi connectivity index (χ3v) is 6.77. The molecule has 2 aromatic rings. The number of amides is 1. The van der Waals surface area contributed by atoms with E-state index < -0.39 is 44.8 Å². The Morgan fingerprint density at radius 1 is 1.12 bits per heavy atom. The summed E-state index contributed by atoms with van der Waals surface area (Å²) in [6.07, 6.45) is 0.449. The van der Waals surface area contributed by atoms with Gasteiger partial charge in [0, 0.05) is 17.2 Å². The highest BCUT2D eigenvalue weighted by Gasteiger charge is 2.33. The quantitative estimate of drug-likeness (QED) is 0.291. The average Bonchev–Trinajstić information content (AvgIpc) is 2.80. The fourth-order valence-corrected chi connectivity index (χ4v) is 4.36. The van der Waals surface area contributed by atoms with Gasteiger partial charge in [-0.15, -0.1) is 0 Å². The predicted octanol–water partition coefficient (Wildman–Crippen LogP) is 2.97. The molecule has 0 spiro atoms. The van der Waals surface area contributed by atoms with Crippen LogP contribution in [0, 0.1) is 16.0 Å². The molecule has 0 radical (unpaired) electrons. The number of halogens is 1. The highest BCUT2D eigenvalue weighted by Crippen LogP contribution is 2.21. The van der Waals surface area contributed by atoms with E-state index >= 15 is 0 Å². The van der Waals surface area contributed by atoms with Crippen molar-refractivity contribution in [1.82, 2.24) is 10.0 Å². The number of rotatable bonds is 10. The van der Waals surface area contributed by atoms with Crippen LogP contribution in [0.25, 0.3) is 0 Å². The number of nitrogens with one attached hydrogen (secondary N) is 2. The van der Waals surface area contributed by atoms with Gasteiger partial charge in [-0.25, -0.2) is 13.2 Å². The van der Waals surface area contributed by atoms with Crippen LogP contribution in [-0.2, 0) is 24.3 Å². The van der Waals surface area contributed by atoms with E-state index in [1.54, 1.807) is 38.1 Å². The SMILES string of the molecule is CC[C@H](C)[C@H](NS(=O)(=O)c1ccc([N+](=O)[O-])cc1)C(=O)N[C@H](C(=O)OC)c1ccc(Cl)cc1. The van der Waals surface area contributed by atoms with Gasteiger partial charge < -0.3 is 10.1 Å². The molecule has 12 heteroatoms. The molecule has 0 saturated heterocycles. The zero-order chi connectivity index (χ0) is 24.8. The highest BCUT2D eigenvalue weighted by molar-refractivity contribution is 7.89. The van der Waals surface area contributed by atoms with E-state index in [-0.39, 0.29) is 10.6 Å². The molecule has 2 aromatic carbocycles. The number of esters is 1. The first kappa shape index (κ1) is 26.2. The van der Waals surface area contributed by atoms with Gasteiger partial charge in [0.25, 0.3) is 5.69 Å². The molecule has 1 amide bonds. The van der Waals surface area contributed by atoms with Crippen molar-refractivity contribution in [3.05, 3.63) is 69.2 Å². The Morgan fingerprint density at radius 2 is 1.70 bits per heavy atom. The topological polar surface area (TPSA) is 145 Å². The maximum Gasteiger partial charge on any atom is 0.333 e. The predicted molar refractivity (Wildman–Crippen MR) is 121 cm³/mol. The van der Waals surface area contributed by atoms with Crippen molar-refractivity contribution in [2.45, 2.75) is 37.2 Å². The van der Waals surface area contributed by atoms with Gasteiger partial charge in [0.1, 0.15) is 6.04 Å². The average molecular weight is 498 g/mol. The smallest absolute Gasteiger partial charge is 0.333 e. The number of hydrogen-bond acceptors (Lipinski definition) is 7. The molecule has 10 nitrogen and oxygen atoms in total. The van der Waals surface area contributed by atoms with E-state index in [2.05, 4.69) is 10.0 Å². The molecule has 0 fully saturated rings. The van der Waals surface area contributed by atoms with Gasteiger partial charge in [-0.1, -0.05) is 44.0 Å². The number of carbonyl (C=O) groups excluding carboxylic acids is 2. The lowest BCUT2D eigenvalue weighted by Gasteiger charge is -2.26. The second-order valence-electron chi connectivity index (χ2n) is 7.25. The maximum absolute atomic E-state index is 13.1. The summed E-state index contributed by atoms with van der Waals surface area (Å²) in [5.74, 6) is -1.92. The number of nitro benzene ring substituents is 1. The van der Waals surface area contributed by atoms with E-state index in [9.17, 15) is 28.1 Å². The number of benzene rings is 2. The second kappa shape index (κ2) is 11.2. The molecular formula is C21H24ClN3O7S. The molecule has 33 heavy (non-hydrogen) atoms. The van der Waals surface area contributed by atoms with Crippen LogP contribution < -0.4 is 10.0 Å². The second-order valence-corrected chi connectivity index (χ2v) is 9.40. The minimum atomic E-state index is -4.20. The molecule has 0 aliphatic rings. The molecule has 0 aliphatic heterocycles. The molecule has 3 atom stereocenters. The lowest BCUT2D eigenvalue weighted by Crippen LogP contribution is -2.51. The van der Waals surface area contributed by atoms with Crippen LogP contribution in [0.1, 0.15) is 31.9 Å². The van der Waals surface area contributed by atoms with Gasteiger partial charge in [-0.3, -0.25) is 14.9 Å². The summed E-state index contributed by atoms with van der Waals surface area (Å²) in [6.45, 7) is 3.46. The summed E-state index contributed by atoms with van der Waals surface area (Å²) in [5, 5.41) is 13.8. The normalized spacial score (nSPS) is 14.1. The van der Waals surface area contributed by atoms with Crippen molar-refractivity contribution >= 4 is 39.2 Å². The fraction of sp³-hybridized carbons (Fsp3) is 0.333. The van der Waals surface area contributed by atoms with Gasteiger partial charge in [-0.05, 0) is 35.7 Å².